The molecule has 132 valence electrons. The van der Waals surface area contributed by atoms with Gasteiger partial charge in [0.25, 0.3) is 11.1 Å². The molecule has 1 aromatic rings. The summed E-state index contributed by atoms with van der Waals surface area (Å²) in [5.41, 5.74) is 2.12. The number of hydrogen-bond donors (Lipinski definition) is 0. The second-order valence-electron chi connectivity index (χ2n) is 6.38. The van der Waals surface area contributed by atoms with Crippen molar-refractivity contribution in [1.82, 2.24) is 4.90 Å². The lowest BCUT2D eigenvalue weighted by atomic mass is 10.1. The molecule has 0 aromatic heterocycles. The van der Waals surface area contributed by atoms with Crippen LogP contribution in [0.1, 0.15) is 30.9 Å². The van der Waals surface area contributed by atoms with E-state index in [0.29, 0.717) is 16.2 Å². The van der Waals surface area contributed by atoms with Crippen LogP contribution in [0.2, 0.25) is 0 Å². The minimum Gasteiger partial charge on any atom is -0.369 e. The van der Waals surface area contributed by atoms with Gasteiger partial charge in [0.15, 0.2) is 0 Å². The lowest BCUT2D eigenvalue weighted by Gasteiger charge is -2.20. The van der Waals surface area contributed by atoms with Gasteiger partial charge in [-0.25, -0.2) is 4.39 Å². The van der Waals surface area contributed by atoms with Gasteiger partial charge in [-0.1, -0.05) is 6.08 Å². The SMILES string of the molecule is C=C[C@H](C)N1C(=O)S/C(=C\c2cc(F)c(N3CCCC3)cc2C)C1=O. The first-order valence-electron chi connectivity index (χ1n) is 8.37. The summed E-state index contributed by atoms with van der Waals surface area (Å²) in [6, 6.07) is 2.91. The number of carbonyl (C=O) groups excluding carboxylic acids is 2. The van der Waals surface area contributed by atoms with Gasteiger partial charge in [-0.3, -0.25) is 14.5 Å². The van der Waals surface area contributed by atoms with E-state index in [2.05, 4.69) is 6.58 Å². The van der Waals surface area contributed by atoms with Crippen molar-refractivity contribution < 1.29 is 14.0 Å². The van der Waals surface area contributed by atoms with Crippen LogP contribution in [-0.2, 0) is 4.79 Å². The lowest BCUT2D eigenvalue weighted by molar-refractivity contribution is -0.123. The molecule has 2 saturated heterocycles. The fourth-order valence-electron chi connectivity index (χ4n) is 3.12. The summed E-state index contributed by atoms with van der Waals surface area (Å²) in [7, 11) is 0. The highest BCUT2D eigenvalue weighted by Crippen LogP contribution is 2.35. The molecule has 0 radical (unpaired) electrons. The number of thioether (sulfide) groups is 1. The molecule has 2 fully saturated rings. The Kier molecular flexibility index (Phi) is 4.99. The van der Waals surface area contributed by atoms with Crippen LogP contribution in [0.3, 0.4) is 0 Å². The molecule has 2 aliphatic heterocycles. The molecule has 0 bridgehead atoms. The van der Waals surface area contributed by atoms with E-state index in [0.717, 1.165) is 43.3 Å². The Morgan fingerprint density at radius 3 is 2.60 bits per heavy atom. The Hall–Kier alpha value is -2.08. The number of rotatable bonds is 4. The van der Waals surface area contributed by atoms with E-state index in [-0.39, 0.29) is 23.0 Å². The minimum absolute atomic E-state index is 0.294. The fourth-order valence-corrected chi connectivity index (χ4v) is 4.02. The zero-order valence-corrected chi connectivity index (χ0v) is 15.2. The molecule has 25 heavy (non-hydrogen) atoms. The zero-order valence-electron chi connectivity index (χ0n) is 14.4. The molecular formula is C19H21FN2O2S. The maximum Gasteiger partial charge on any atom is 0.294 e. The third kappa shape index (κ3) is 3.35. The summed E-state index contributed by atoms with van der Waals surface area (Å²) in [5.74, 6) is -0.650. The van der Waals surface area contributed by atoms with Crippen LogP contribution in [0, 0.1) is 12.7 Å². The summed E-state index contributed by atoms with van der Waals surface area (Å²) in [4.78, 5) is 28.1. The van der Waals surface area contributed by atoms with Crippen molar-refractivity contribution >= 4 is 34.7 Å². The molecule has 2 amide bonds. The van der Waals surface area contributed by atoms with E-state index in [1.165, 1.54) is 11.0 Å². The largest absolute Gasteiger partial charge is 0.369 e. The maximum atomic E-state index is 14.5. The third-order valence-electron chi connectivity index (χ3n) is 4.64. The standard InChI is InChI=1S/C19H21FN2O2S/c1-4-13(3)22-18(23)17(25-19(22)24)11-14-10-15(20)16(9-12(14)2)21-7-5-6-8-21/h4,9-11,13H,1,5-8H2,2-3H3/b17-11-/t13-/m0/s1. The van der Waals surface area contributed by atoms with Crippen LogP contribution < -0.4 is 4.90 Å². The van der Waals surface area contributed by atoms with E-state index in [1.807, 2.05) is 17.9 Å². The van der Waals surface area contributed by atoms with Gasteiger partial charge in [0, 0.05) is 13.1 Å². The van der Waals surface area contributed by atoms with Gasteiger partial charge in [-0.05, 0) is 67.8 Å². The molecule has 2 aliphatic rings. The summed E-state index contributed by atoms with van der Waals surface area (Å²) in [5, 5.41) is -0.324. The number of hydrogen-bond acceptors (Lipinski definition) is 4. The first kappa shape index (κ1) is 17.7. The zero-order chi connectivity index (χ0) is 18.1. The van der Waals surface area contributed by atoms with Crippen LogP contribution in [0.4, 0.5) is 14.9 Å². The van der Waals surface area contributed by atoms with Crippen molar-refractivity contribution in [2.24, 2.45) is 0 Å². The molecule has 4 nitrogen and oxygen atoms in total. The molecule has 1 atom stereocenters. The van der Waals surface area contributed by atoms with E-state index < -0.39 is 0 Å². The highest BCUT2D eigenvalue weighted by Gasteiger charge is 2.37. The lowest BCUT2D eigenvalue weighted by Crippen LogP contribution is -2.35. The number of carbonyl (C=O) groups is 2. The Balaban J connectivity index is 1.91. The highest BCUT2D eigenvalue weighted by atomic mass is 32.2. The Bertz CT molecular complexity index is 769. The molecule has 0 spiro atoms. The number of anilines is 1. The number of nitrogens with zero attached hydrogens (tertiary/aromatic N) is 2. The molecule has 2 heterocycles. The van der Waals surface area contributed by atoms with Gasteiger partial charge in [0.05, 0.1) is 16.6 Å². The first-order chi connectivity index (χ1) is 11.9. The number of imide groups is 1. The summed E-state index contributed by atoms with van der Waals surface area (Å²) >= 11 is 0.882. The van der Waals surface area contributed by atoms with Crippen molar-refractivity contribution in [2.75, 3.05) is 18.0 Å². The van der Waals surface area contributed by atoms with Crippen molar-refractivity contribution in [3.05, 3.63) is 46.6 Å². The van der Waals surface area contributed by atoms with Crippen LogP contribution in [0.25, 0.3) is 6.08 Å². The van der Waals surface area contributed by atoms with E-state index in [4.69, 9.17) is 0 Å². The average molecular weight is 360 g/mol. The third-order valence-corrected chi connectivity index (χ3v) is 5.52. The minimum atomic E-state index is -0.367. The van der Waals surface area contributed by atoms with Gasteiger partial charge in [-0.2, -0.15) is 0 Å². The van der Waals surface area contributed by atoms with Crippen molar-refractivity contribution in [3.63, 3.8) is 0 Å². The quantitative estimate of drug-likeness (QED) is 0.591. The number of aryl methyl sites for hydroxylation is 1. The van der Waals surface area contributed by atoms with Gasteiger partial charge >= 0.3 is 0 Å². The second kappa shape index (κ2) is 7.04. The first-order valence-corrected chi connectivity index (χ1v) is 9.18. The van der Waals surface area contributed by atoms with Crippen molar-refractivity contribution in [3.8, 4) is 0 Å². The predicted octanol–water partition coefficient (Wildman–Crippen LogP) is 4.35. The number of amides is 2. The van der Waals surface area contributed by atoms with Crippen molar-refractivity contribution in [1.29, 1.82) is 0 Å². The van der Waals surface area contributed by atoms with Crippen LogP contribution in [0.15, 0.2) is 29.7 Å². The predicted molar refractivity (Wildman–Crippen MR) is 100 cm³/mol. The van der Waals surface area contributed by atoms with Crippen LogP contribution in [-0.4, -0.2) is 35.2 Å². The molecule has 0 unspecified atom stereocenters. The Morgan fingerprint density at radius 1 is 1.28 bits per heavy atom. The van der Waals surface area contributed by atoms with Gasteiger partial charge in [-0.15, -0.1) is 6.58 Å². The average Bonchev–Trinajstić information content (AvgIpc) is 3.19. The van der Waals surface area contributed by atoms with Crippen molar-refractivity contribution in [2.45, 2.75) is 32.7 Å². The van der Waals surface area contributed by atoms with E-state index >= 15 is 0 Å². The molecular weight excluding hydrogens is 339 g/mol. The summed E-state index contributed by atoms with van der Waals surface area (Å²) in [6.45, 7) is 8.99. The van der Waals surface area contributed by atoms with E-state index in [9.17, 15) is 14.0 Å². The summed E-state index contributed by atoms with van der Waals surface area (Å²) < 4.78 is 14.5. The topological polar surface area (TPSA) is 40.6 Å². The molecule has 0 aliphatic carbocycles. The molecule has 6 heteroatoms. The number of benzene rings is 1. The normalized spacial score (nSPS) is 20.7. The molecule has 0 N–H and O–H groups in total. The number of halogens is 1. The van der Waals surface area contributed by atoms with Crippen LogP contribution in [0.5, 0.6) is 0 Å². The molecule has 1 aromatic carbocycles. The highest BCUT2D eigenvalue weighted by molar-refractivity contribution is 8.18. The Morgan fingerprint density at radius 2 is 1.96 bits per heavy atom. The molecule has 3 rings (SSSR count). The Labute approximate surface area is 151 Å². The van der Waals surface area contributed by atoms with Gasteiger partial charge in [0.1, 0.15) is 5.82 Å². The summed E-state index contributed by atoms with van der Waals surface area (Å²) in [6.07, 6.45) is 5.31. The second-order valence-corrected chi connectivity index (χ2v) is 7.38. The fraction of sp³-hybridized carbons (Fsp3) is 0.368. The smallest absolute Gasteiger partial charge is 0.294 e. The monoisotopic (exact) mass is 360 g/mol. The van der Waals surface area contributed by atoms with E-state index in [1.54, 1.807) is 19.1 Å². The molecule has 0 saturated carbocycles. The van der Waals surface area contributed by atoms with Gasteiger partial charge < -0.3 is 4.90 Å². The maximum absolute atomic E-state index is 14.5. The van der Waals surface area contributed by atoms with Crippen LogP contribution >= 0.6 is 11.8 Å². The van der Waals surface area contributed by atoms with Gasteiger partial charge in [0.2, 0.25) is 0 Å².